The Morgan fingerprint density at radius 2 is 1.81 bits per heavy atom. The van der Waals surface area contributed by atoms with Crippen molar-refractivity contribution in [1.29, 1.82) is 0 Å². The minimum Gasteiger partial charge on any atom is -0.465 e. The van der Waals surface area contributed by atoms with Gasteiger partial charge in [-0.3, -0.25) is 9.48 Å². The van der Waals surface area contributed by atoms with Crippen molar-refractivity contribution in [2.45, 2.75) is 25.3 Å². The summed E-state index contributed by atoms with van der Waals surface area (Å²) in [4.78, 5) is 13.1. The maximum atomic E-state index is 11.8. The van der Waals surface area contributed by atoms with Gasteiger partial charge in [0, 0.05) is 4.90 Å². The molecule has 0 unspecified atom stereocenters. The van der Waals surface area contributed by atoms with Gasteiger partial charge in [0.15, 0.2) is 0 Å². The second kappa shape index (κ2) is 8.23. The smallest absolute Gasteiger partial charge is 0.327 e. The molecule has 0 aliphatic rings. The quantitative estimate of drug-likeness (QED) is 0.464. The summed E-state index contributed by atoms with van der Waals surface area (Å²) in [6, 6.07) is 18.8. The van der Waals surface area contributed by atoms with Crippen molar-refractivity contribution in [2.24, 2.45) is 0 Å². The monoisotopic (exact) mass is 366 g/mol. The minimum atomic E-state index is -0.276. The second-order valence-corrected chi connectivity index (χ2v) is 6.82. The highest BCUT2D eigenvalue weighted by molar-refractivity contribution is 7.98. The molecule has 0 aliphatic heterocycles. The number of nitrogens with zero attached hydrogens (tertiary/aromatic N) is 2. The normalized spacial score (nSPS) is 10.7. The highest BCUT2D eigenvalue weighted by atomic mass is 32.2. The van der Waals surface area contributed by atoms with Gasteiger partial charge >= 0.3 is 5.97 Å². The first-order valence-electron chi connectivity index (χ1n) is 8.55. The van der Waals surface area contributed by atoms with Gasteiger partial charge in [-0.25, -0.2) is 0 Å². The molecular weight excluding hydrogens is 344 g/mol. The minimum absolute atomic E-state index is 0.120. The Balaban J connectivity index is 1.88. The van der Waals surface area contributed by atoms with Crippen LogP contribution in [0.2, 0.25) is 0 Å². The highest BCUT2D eigenvalue weighted by Gasteiger charge is 2.12. The van der Waals surface area contributed by atoms with Gasteiger partial charge in [-0.15, -0.1) is 11.8 Å². The van der Waals surface area contributed by atoms with E-state index in [2.05, 4.69) is 59.9 Å². The Hall–Kier alpha value is -2.53. The van der Waals surface area contributed by atoms with Gasteiger partial charge in [-0.05, 0) is 55.0 Å². The van der Waals surface area contributed by atoms with Gasteiger partial charge < -0.3 is 4.74 Å². The fourth-order valence-corrected chi connectivity index (χ4v) is 3.32. The van der Waals surface area contributed by atoms with E-state index in [9.17, 15) is 4.79 Å². The number of aromatic nitrogens is 2. The van der Waals surface area contributed by atoms with Gasteiger partial charge in [0.25, 0.3) is 0 Å². The van der Waals surface area contributed by atoms with Crippen LogP contribution in [-0.2, 0) is 16.1 Å². The van der Waals surface area contributed by atoms with Crippen molar-refractivity contribution < 1.29 is 9.53 Å². The number of carbonyl (C=O) groups is 1. The van der Waals surface area contributed by atoms with Crippen molar-refractivity contribution in [3.8, 4) is 22.4 Å². The third kappa shape index (κ3) is 4.17. The molecule has 134 valence electrons. The lowest BCUT2D eigenvalue weighted by Gasteiger charge is -2.09. The number of rotatable bonds is 6. The van der Waals surface area contributed by atoms with Gasteiger partial charge in [0.05, 0.1) is 18.0 Å². The number of hydrogen-bond donors (Lipinski definition) is 0. The zero-order valence-corrected chi connectivity index (χ0v) is 16.0. The van der Waals surface area contributed by atoms with E-state index in [1.165, 1.54) is 10.5 Å². The molecule has 1 heterocycles. The van der Waals surface area contributed by atoms with Crippen LogP contribution in [0, 0.1) is 6.92 Å². The van der Waals surface area contributed by atoms with Crippen LogP contribution in [0.4, 0.5) is 0 Å². The van der Waals surface area contributed by atoms with Crippen LogP contribution >= 0.6 is 11.8 Å². The largest absolute Gasteiger partial charge is 0.465 e. The first-order chi connectivity index (χ1) is 12.6. The molecule has 26 heavy (non-hydrogen) atoms. The lowest BCUT2D eigenvalue weighted by Crippen LogP contribution is -2.15. The molecule has 3 aromatic rings. The fraction of sp³-hybridized carbons (Fsp3) is 0.238. The SMILES string of the molecule is CCOC(=O)Cn1nc(C)cc1-c1ccc(-c2cccc(SC)c2)cc1. The Labute approximate surface area is 158 Å². The van der Waals surface area contributed by atoms with E-state index >= 15 is 0 Å². The molecule has 0 N–H and O–H groups in total. The average Bonchev–Trinajstić information content (AvgIpc) is 3.02. The van der Waals surface area contributed by atoms with Crippen LogP contribution in [0.25, 0.3) is 22.4 Å². The van der Waals surface area contributed by atoms with Crippen LogP contribution < -0.4 is 0 Å². The molecule has 0 radical (unpaired) electrons. The van der Waals surface area contributed by atoms with Gasteiger partial charge in [0.1, 0.15) is 6.54 Å². The van der Waals surface area contributed by atoms with Crippen molar-refractivity contribution >= 4 is 17.7 Å². The van der Waals surface area contributed by atoms with Crippen LogP contribution in [0.5, 0.6) is 0 Å². The van der Waals surface area contributed by atoms with Gasteiger partial charge in [-0.2, -0.15) is 5.10 Å². The molecule has 0 saturated heterocycles. The molecule has 0 bridgehead atoms. The third-order valence-corrected chi connectivity index (χ3v) is 4.80. The molecule has 1 aromatic heterocycles. The van der Waals surface area contributed by atoms with E-state index in [1.807, 2.05) is 13.0 Å². The molecule has 0 spiro atoms. The molecule has 5 heteroatoms. The summed E-state index contributed by atoms with van der Waals surface area (Å²) in [5, 5.41) is 4.43. The third-order valence-electron chi connectivity index (χ3n) is 4.07. The van der Waals surface area contributed by atoms with E-state index in [4.69, 9.17) is 4.74 Å². The number of carbonyl (C=O) groups excluding carboxylic acids is 1. The first-order valence-corrected chi connectivity index (χ1v) is 9.78. The summed E-state index contributed by atoms with van der Waals surface area (Å²) in [6.07, 6.45) is 2.08. The fourth-order valence-electron chi connectivity index (χ4n) is 2.86. The van der Waals surface area contributed by atoms with E-state index in [-0.39, 0.29) is 12.5 Å². The van der Waals surface area contributed by atoms with Crippen molar-refractivity contribution in [2.75, 3.05) is 12.9 Å². The van der Waals surface area contributed by atoms with Crippen molar-refractivity contribution in [3.05, 3.63) is 60.3 Å². The summed E-state index contributed by atoms with van der Waals surface area (Å²) in [5.41, 5.74) is 5.18. The van der Waals surface area contributed by atoms with E-state index in [0.717, 1.165) is 22.5 Å². The Morgan fingerprint density at radius 1 is 1.08 bits per heavy atom. The number of esters is 1. The molecule has 0 saturated carbocycles. The number of ether oxygens (including phenoxy) is 1. The zero-order chi connectivity index (χ0) is 18.5. The van der Waals surface area contributed by atoms with Gasteiger partial charge in [0.2, 0.25) is 0 Å². The number of thioether (sulfide) groups is 1. The Kier molecular flexibility index (Phi) is 5.78. The molecule has 3 rings (SSSR count). The summed E-state index contributed by atoms with van der Waals surface area (Å²) in [7, 11) is 0. The van der Waals surface area contributed by atoms with Crippen LogP contribution in [0.1, 0.15) is 12.6 Å². The second-order valence-electron chi connectivity index (χ2n) is 5.94. The van der Waals surface area contributed by atoms with Crippen LogP contribution in [0.15, 0.2) is 59.5 Å². The maximum Gasteiger partial charge on any atom is 0.327 e. The van der Waals surface area contributed by atoms with E-state index < -0.39 is 0 Å². The molecule has 4 nitrogen and oxygen atoms in total. The Bertz CT molecular complexity index is 901. The zero-order valence-electron chi connectivity index (χ0n) is 15.2. The van der Waals surface area contributed by atoms with E-state index in [0.29, 0.717) is 6.61 Å². The standard InChI is InChI=1S/C21H22N2O2S/c1-4-25-21(24)14-23-20(12-15(2)22-23)17-10-8-16(9-11-17)18-6-5-7-19(13-18)26-3/h5-13H,4,14H2,1-3H3. The number of aryl methyl sites for hydroxylation is 1. The van der Waals surface area contributed by atoms with Crippen molar-refractivity contribution in [3.63, 3.8) is 0 Å². The molecule has 0 aliphatic carbocycles. The summed E-state index contributed by atoms with van der Waals surface area (Å²) in [5.74, 6) is -0.276. The number of benzene rings is 2. The van der Waals surface area contributed by atoms with E-state index in [1.54, 1.807) is 23.4 Å². The molecule has 2 aromatic carbocycles. The van der Waals surface area contributed by atoms with Crippen LogP contribution in [0.3, 0.4) is 0 Å². The van der Waals surface area contributed by atoms with Gasteiger partial charge in [-0.1, -0.05) is 36.4 Å². The highest BCUT2D eigenvalue weighted by Crippen LogP contribution is 2.27. The summed E-state index contributed by atoms with van der Waals surface area (Å²) in [6.45, 7) is 4.22. The lowest BCUT2D eigenvalue weighted by atomic mass is 10.0. The van der Waals surface area contributed by atoms with Crippen LogP contribution in [-0.4, -0.2) is 28.6 Å². The molecule has 0 atom stereocenters. The predicted molar refractivity (Wildman–Crippen MR) is 106 cm³/mol. The maximum absolute atomic E-state index is 11.8. The first kappa shape index (κ1) is 18.3. The van der Waals surface area contributed by atoms with Crippen molar-refractivity contribution in [1.82, 2.24) is 9.78 Å². The topological polar surface area (TPSA) is 44.1 Å². The molecular formula is C21H22N2O2S. The predicted octanol–water partition coefficient (Wildman–Crippen LogP) is 4.81. The Morgan fingerprint density at radius 3 is 2.50 bits per heavy atom. The summed E-state index contributed by atoms with van der Waals surface area (Å²) >= 11 is 1.74. The lowest BCUT2D eigenvalue weighted by molar-refractivity contribution is -0.144. The summed E-state index contributed by atoms with van der Waals surface area (Å²) < 4.78 is 6.75. The molecule has 0 amide bonds. The average molecular weight is 366 g/mol. The number of hydrogen-bond acceptors (Lipinski definition) is 4. The molecule has 0 fully saturated rings.